The topological polar surface area (TPSA) is 88.5 Å². The molecular weight excluding hydrogens is 510 g/mol. The number of nitrogens with zero attached hydrogens (tertiary/aromatic N) is 3. The zero-order chi connectivity index (χ0) is 29.4. The summed E-state index contributed by atoms with van der Waals surface area (Å²) in [6.07, 6.45) is 2.91. The highest BCUT2D eigenvalue weighted by Gasteiger charge is 2.27. The van der Waals surface area contributed by atoms with Crippen LogP contribution in [-0.4, -0.2) is 55.5 Å². The lowest BCUT2D eigenvalue weighted by molar-refractivity contribution is 0.0941. The minimum Gasteiger partial charge on any atom is -0.364 e. The number of carbonyl (C=O) groups is 2. The summed E-state index contributed by atoms with van der Waals surface area (Å²) in [5.41, 5.74) is 6.25. The fourth-order valence-electron chi connectivity index (χ4n) is 5.79. The van der Waals surface area contributed by atoms with Crippen molar-refractivity contribution in [3.63, 3.8) is 0 Å². The number of aryl methyl sites for hydroxylation is 2. The quantitative estimate of drug-likeness (QED) is 0.361. The second-order valence-electron chi connectivity index (χ2n) is 11.0. The zero-order valence-corrected chi connectivity index (χ0v) is 24.6. The van der Waals surface area contributed by atoms with Crippen molar-refractivity contribution in [3.8, 4) is 6.07 Å². The number of hydrogen-bond donors (Lipinski definition) is 2. The first kappa shape index (κ1) is 29.8. The molecule has 1 saturated heterocycles. The molecule has 2 N–H and O–H groups in total. The van der Waals surface area contributed by atoms with Crippen LogP contribution in [0.25, 0.3) is 0 Å². The number of anilines is 1. The predicted molar refractivity (Wildman–Crippen MR) is 164 cm³/mol. The highest BCUT2D eigenvalue weighted by Crippen LogP contribution is 2.28. The van der Waals surface area contributed by atoms with Crippen molar-refractivity contribution in [1.82, 2.24) is 15.5 Å². The first-order chi connectivity index (χ1) is 19.8. The van der Waals surface area contributed by atoms with E-state index in [0.717, 1.165) is 60.3 Å². The van der Waals surface area contributed by atoms with E-state index in [4.69, 9.17) is 0 Å². The van der Waals surface area contributed by atoms with Crippen LogP contribution in [0.4, 0.5) is 5.69 Å². The van der Waals surface area contributed by atoms with Gasteiger partial charge in [-0.2, -0.15) is 5.26 Å². The Balaban J connectivity index is 1.38. The van der Waals surface area contributed by atoms with E-state index < -0.39 is 0 Å². The molecule has 3 aromatic rings. The van der Waals surface area contributed by atoms with Crippen LogP contribution in [0, 0.1) is 25.2 Å². The van der Waals surface area contributed by atoms with Gasteiger partial charge in [0.1, 0.15) is 0 Å². The number of rotatable bonds is 10. The molecule has 1 aliphatic rings. The standard InChI is InChI=1S/C34H41N5O2/c1-24-7-5-8-25(2)32(24)34(41)37-18-15-26(3)38-19-16-31(17-20-38)39(23-28-10-6-9-27(21-28)22-35)30-13-11-29(12-14-30)33(40)36-4/h5-14,21,26,31H,15-20,23H2,1-4H3,(H,36,40)(H,37,41). The van der Waals surface area contributed by atoms with Gasteiger partial charge in [0.25, 0.3) is 11.8 Å². The van der Waals surface area contributed by atoms with E-state index in [1.807, 2.05) is 74.5 Å². The van der Waals surface area contributed by atoms with E-state index in [0.29, 0.717) is 36.3 Å². The fourth-order valence-corrected chi connectivity index (χ4v) is 5.79. The normalized spacial score (nSPS) is 14.6. The van der Waals surface area contributed by atoms with Crippen molar-refractivity contribution in [2.24, 2.45) is 0 Å². The Morgan fingerprint density at radius 1 is 1.00 bits per heavy atom. The van der Waals surface area contributed by atoms with Crippen molar-refractivity contribution >= 4 is 17.5 Å². The summed E-state index contributed by atoms with van der Waals surface area (Å²) < 4.78 is 0. The maximum atomic E-state index is 12.8. The molecule has 7 nitrogen and oxygen atoms in total. The van der Waals surface area contributed by atoms with Gasteiger partial charge in [0.05, 0.1) is 11.6 Å². The van der Waals surface area contributed by atoms with E-state index in [1.165, 1.54) is 0 Å². The Morgan fingerprint density at radius 3 is 2.29 bits per heavy atom. The molecule has 0 saturated carbocycles. The van der Waals surface area contributed by atoms with E-state index in [1.54, 1.807) is 7.05 Å². The Kier molecular flexibility index (Phi) is 10.2. The zero-order valence-electron chi connectivity index (χ0n) is 24.6. The number of amides is 2. The molecule has 0 bridgehead atoms. The van der Waals surface area contributed by atoms with Gasteiger partial charge in [-0.3, -0.25) is 9.59 Å². The minimum atomic E-state index is -0.0997. The van der Waals surface area contributed by atoms with Crippen LogP contribution >= 0.6 is 0 Å². The number of likely N-dealkylation sites (tertiary alicyclic amines) is 1. The summed E-state index contributed by atoms with van der Waals surface area (Å²) in [5, 5.41) is 15.2. The van der Waals surface area contributed by atoms with Gasteiger partial charge >= 0.3 is 0 Å². The molecule has 0 aliphatic carbocycles. The Labute approximate surface area is 244 Å². The Hall–Kier alpha value is -4.15. The maximum absolute atomic E-state index is 12.8. The average molecular weight is 552 g/mol. The molecule has 214 valence electrons. The number of piperidine rings is 1. The van der Waals surface area contributed by atoms with Crippen molar-refractivity contribution in [2.45, 2.75) is 58.7 Å². The van der Waals surface area contributed by atoms with Gasteiger partial charge in [-0.05, 0) is 93.1 Å². The summed E-state index contributed by atoms with van der Waals surface area (Å²) in [6, 6.07) is 24.5. The molecule has 1 heterocycles. The van der Waals surface area contributed by atoms with Crippen molar-refractivity contribution in [2.75, 3.05) is 31.6 Å². The first-order valence-corrected chi connectivity index (χ1v) is 14.5. The summed E-state index contributed by atoms with van der Waals surface area (Å²) in [7, 11) is 1.64. The molecule has 41 heavy (non-hydrogen) atoms. The second kappa shape index (κ2) is 14.0. The van der Waals surface area contributed by atoms with Crippen LogP contribution in [0.1, 0.15) is 69.2 Å². The van der Waals surface area contributed by atoms with Gasteiger partial charge in [-0.15, -0.1) is 0 Å². The molecule has 2 amide bonds. The first-order valence-electron chi connectivity index (χ1n) is 14.5. The van der Waals surface area contributed by atoms with E-state index >= 15 is 0 Å². The lowest BCUT2D eigenvalue weighted by atomic mass is 9.98. The average Bonchev–Trinajstić information content (AvgIpc) is 2.99. The highest BCUT2D eigenvalue weighted by molar-refractivity contribution is 5.97. The van der Waals surface area contributed by atoms with Gasteiger partial charge in [0.15, 0.2) is 0 Å². The SMILES string of the molecule is CNC(=O)c1ccc(N(Cc2cccc(C#N)c2)C2CCN(C(C)CCNC(=O)c3c(C)cccc3C)CC2)cc1. The molecule has 1 fully saturated rings. The second-order valence-corrected chi connectivity index (χ2v) is 11.0. The molecule has 4 rings (SSSR count). The number of carbonyl (C=O) groups excluding carboxylic acids is 2. The highest BCUT2D eigenvalue weighted by atomic mass is 16.2. The summed E-state index contributed by atoms with van der Waals surface area (Å²) in [4.78, 5) is 29.8. The number of nitrogens with one attached hydrogen (secondary N) is 2. The van der Waals surface area contributed by atoms with E-state index in [-0.39, 0.29) is 11.8 Å². The number of benzene rings is 3. The van der Waals surface area contributed by atoms with E-state index in [2.05, 4.69) is 39.5 Å². The molecule has 0 radical (unpaired) electrons. The maximum Gasteiger partial charge on any atom is 0.251 e. The number of nitriles is 1. The molecule has 0 spiro atoms. The molecular formula is C34H41N5O2. The largest absolute Gasteiger partial charge is 0.364 e. The van der Waals surface area contributed by atoms with Crippen molar-refractivity contribution < 1.29 is 9.59 Å². The van der Waals surface area contributed by atoms with Gasteiger partial charge in [0, 0.05) is 62.1 Å². The lowest BCUT2D eigenvalue weighted by Gasteiger charge is -2.42. The fraction of sp³-hybridized carbons (Fsp3) is 0.382. The monoisotopic (exact) mass is 551 g/mol. The van der Waals surface area contributed by atoms with Crippen LogP contribution in [0.3, 0.4) is 0 Å². The third-order valence-corrected chi connectivity index (χ3v) is 8.22. The van der Waals surface area contributed by atoms with Crippen molar-refractivity contribution in [1.29, 1.82) is 5.26 Å². The molecule has 0 aromatic heterocycles. The third kappa shape index (κ3) is 7.53. The van der Waals surface area contributed by atoms with Gasteiger partial charge in [-0.1, -0.05) is 30.3 Å². The van der Waals surface area contributed by atoms with E-state index in [9.17, 15) is 14.9 Å². The molecule has 1 unspecified atom stereocenters. The van der Waals surface area contributed by atoms with Crippen LogP contribution in [0.5, 0.6) is 0 Å². The Morgan fingerprint density at radius 2 is 1.66 bits per heavy atom. The third-order valence-electron chi connectivity index (χ3n) is 8.22. The predicted octanol–water partition coefficient (Wildman–Crippen LogP) is 5.21. The van der Waals surface area contributed by atoms with Gasteiger partial charge in [0.2, 0.25) is 0 Å². The summed E-state index contributed by atoms with van der Waals surface area (Å²) in [5.74, 6) is -0.0950. The van der Waals surface area contributed by atoms with Crippen LogP contribution < -0.4 is 15.5 Å². The smallest absolute Gasteiger partial charge is 0.251 e. The minimum absolute atomic E-state index is 0.00468. The van der Waals surface area contributed by atoms with Crippen molar-refractivity contribution in [3.05, 3.63) is 100 Å². The lowest BCUT2D eigenvalue weighted by Crippen LogP contribution is -2.48. The molecule has 1 atom stereocenters. The van der Waals surface area contributed by atoms with Crippen LogP contribution in [-0.2, 0) is 6.54 Å². The van der Waals surface area contributed by atoms with Crippen LogP contribution in [0.2, 0.25) is 0 Å². The van der Waals surface area contributed by atoms with Crippen LogP contribution in [0.15, 0.2) is 66.7 Å². The molecule has 3 aromatic carbocycles. The van der Waals surface area contributed by atoms with Gasteiger partial charge in [-0.25, -0.2) is 0 Å². The molecule has 1 aliphatic heterocycles. The van der Waals surface area contributed by atoms with Gasteiger partial charge < -0.3 is 20.4 Å². The summed E-state index contributed by atoms with van der Waals surface area (Å²) in [6.45, 7) is 9.49. The molecule has 7 heteroatoms. The summed E-state index contributed by atoms with van der Waals surface area (Å²) >= 11 is 0. The number of hydrogen-bond acceptors (Lipinski definition) is 5. The Bertz CT molecular complexity index is 1370.